The van der Waals surface area contributed by atoms with Gasteiger partial charge in [0.15, 0.2) is 11.5 Å². The maximum absolute atomic E-state index is 13.0. The molecule has 2 aromatic carbocycles. The molecule has 2 aliphatic heterocycles. The van der Waals surface area contributed by atoms with Crippen LogP contribution in [-0.2, 0) is 4.79 Å². The number of carbonyl (C=O) groups is 3. The summed E-state index contributed by atoms with van der Waals surface area (Å²) in [6.07, 6.45) is 1.88. The molecule has 0 spiro atoms. The number of benzene rings is 2. The summed E-state index contributed by atoms with van der Waals surface area (Å²) in [7, 11) is 0. The van der Waals surface area contributed by atoms with Crippen molar-refractivity contribution in [1.82, 2.24) is 20.1 Å². The van der Waals surface area contributed by atoms with Gasteiger partial charge in [-0.15, -0.1) is 0 Å². The van der Waals surface area contributed by atoms with Crippen molar-refractivity contribution in [2.24, 2.45) is 0 Å². The predicted octanol–water partition coefficient (Wildman–Crippen LogP) is 2.44. The summed E-state index contributed by atoms with van der Waals surface area (Å²) < 4.78 is 11.0. The molecule has 0 radical (unpaired) electrons. The van der Waals surface area contributed by atoms with Gasteiger partial charge in [-0.3, -0.25) is 9.59 Å². The fourth-order valence-electron chi connectivity index (χ4n) is 4.27. The van der Waals surface area contributed by atoms with E-state index < -0.39 is 0 Å². The maximum atomic E-state index is 13.0. The van der Waals surface area contributed by atoms with Crippen LogP contribution in [0.1, 0.15) is 16.8 Å². The minimum atomic E-state index is -0.240. The number of aromatic amines is 1. The number of hydrogen-bond acceptors (Lipinski definition) is 5. The lowest BCUT2D eigenvalue weighted by Crippen LogP contribution is -2.53. The van der Waals surface area contributed by atoms with Gasteiger partial charge in [0.05, 0.1) is 5.56 Å². The van der Waals surface area contributed by atoms with Crippen molar-refractivity contribution in [3.05, 3.63) is 54.2 Å². The van der Waals surface area contributed by atoms with E-state index in [2.05, 4.69) is 15.6 Å². The number of carbonyl (C=O) groups excluding carboxylic acids is 3. The van der Waals surface area contributed by atoms with E-state index in [1.807, 2.05) is 24.3 Å². The summed E-state index contributed by atoms with van der Waals surface area (Å²) in [5.41, 5.74) is 2.18. The van der Waals surface area contributed by atoms with E-state index in [-0.39, 0.29) is 30.8 Å². The Bertz CT molecular complexity index is 1250. The third-order valence-electron chi connectivity index (χ3n) is 6.13. The summed E-state index contributed by atoms with van der Waals surface area (Å²) in [6, 6.07) is 12.7. The van der Waals surface area contributed by atoms with Gasteiger partial charge in [-0.1, -0.05) is 18.2 Å². The standard InChI is InChI=1S/C25H27N5O5/c31-23(28-17-5-6-21-22(15-17)35-14-13-34-21)7-8-26-25(33)30-11-9-29(10-12-30)24(32)19-16-27-20-4-2-1-3-18(19)20/h1-6,15-16,27H,7-14H2,(H,26,33)(H,28,31). The average Bonchev–Trinajstić information content (AvgIpc) is 3.32. The number of rotatable bonds is 5. The molecule has 1 saturated heterocycles. The number of nitrogens with one attached hydrogen (secondary N) is 3. The number of urea groups is 1. The number of anilines is 1. The first-order chi connectivity index (χ1) is 17.1. The first-order valence-electron chi connectivity index (χ1n) is 11.7. The Labute approximate surface area is 202 Å². The zero-order chi connectivity index (χ0) is 24.2. The first-order valence-corrected chi connectivity index (χ1v) is 11.7. The number of nitrogens with zero attached hydrogens (tertiary/aromatic N) is 2. The van der Waals surface area contributed by atoms with Crippen molar-refractivity contribution in [1.29, 1.82) is 0 Å². The van der Waals surface area contributed by atoms with Crippen molar-refractivity contribution >= 4 is 34.4 Å². The van der Waals surface area contributed by atoms with Crippen molar-refractivity contribution in [2.45, 2.75) is 6.42 Å². The Balaban J connectivity index is 1.05. The van der Waals surface area contributed by atoms with E-state index >= 15 is 0 Å². The molecule has 3 N–H and O–H groups in total. The fourth-order valence-corrected chi connectivity index (χ4v) is 4.27. The Morgan fingerprint density at radius 2 is 1.66 bits per heavy atom. The van der Waals surface area contributed by atoms with Gasteiger partial charge in [0.25, 0.3) is 5.91 Å². The molecule has 10 heteroatoms. The van der Waals surface area contributed by atoms with Crippen LogP contribution in [0.3, 0.4) is 0 Å². The Morgan fingerprint density at radius 1 is 0.914 bits per heavy atom. The lowest BCUT2D eigenvalue weighted by molar-refractivity contribution is -0.116. The van der Waals surface area contributed by atoms with Crippen LogP contribution in [0.25, 0.3) is 10.9 Å². The van der Waals surface area contributed by atoms with Gasteiger partial charge in [0, 0.05) is 68.0 Å². The molecule has 35 heavy (non-hydrogen) atoms. The number of para-hydroxylation sites is 1. The Hall–Kier alpha value is -4.21. The van der Waals surface area contributed by atoms with E-state index in [1.165, 1.54) is 0 Å². The third-order valence-corrected chi connectivity index (χ3v) is 6.13. The number of H-pyrrole nitrogens is 1. The fraction of sp³-hybridized carbons (Fsp3) is 0.320. The molecule has 0 aliphatic carbocycles. The molecule has 5 rings (SSSR count). The van der Waals surface area contributed by atoms with Crippen molar-refractivity contribution in [3.63, 3.8) is 0 Å². The molecule has 3 aromatic rings. The second kappa shape index (κ2) is 9.96. The molecule has 0 atom stereocenters. The van der Waals surface area contributed by atoms with Gasteiger partial charge in [-0.2, -0.15) is 0 Å². The number of hydrogen-bond donors (Lipinski definition) is 3. The molecular formula is C25H27N5O5. The smallest absolute Gasteiger partial charge is 0.317 e. The van der Waals surface area contributed by atoms with E-state index in [4.69, 9.17) is 9.47 Å². The SMILES string of the molecule is O=C(CCNC(=O)N1CCN(C(=O)c2c[nH]c3ccccc23)CC1)Nc1ccc2c(c1)OCCO2. The second-order valence-corrected chi connectivity index (χ2v) is 8.42. The van der Waals surface area contributed by atoms with Gasteiger partial charge < -0.3 is 34.9 Å². The van der Waals surface area contributed by atoms with Crippen LogP contribution in [0.4, 0.5) is 10.5 Å². The lowest BCUT2D eigenvalue weighted by Gasteiger charge is -2.34. The van der Waals surface area contributed by atoms with Gasteiger partial charge in [-0.05, 0) is 18.2 Å². The minimum Gasteiger partial charge on any atom is -0.486 e. The van der Waals surface area contributed by atoms with Crippen LogP contribution >= 0.6 is 0 Å². The largest absolute Gasteiger partial charge is 0.486 e. The Morgan fingerprint density at radius 3 is 2.49 bits per heavy atom. The van der Waals surface area contributed by atoms with Crippen LogP contribution in [-0.4, -0.2) is 78.6 Å². The molecule has 1 fully saturated rings. The van der Waals surface area contributed by atoms with Crippen molar-refractivity contribution in [3.8, 4) is 11.5 Å². The zero-order valence-corrected chi connectivity index (χ0v) is 19.2. The predicted molar refractivity (Wildman–Crippen MR) is 130 cm³/mol. The molecule has 0 bridgehead atoms. The molecule has 0 saturated carbocycles. The molecule has 0 unspecified atom stereocenters. The molecule has 2 aliphatic rings. The van der Waals surface area contributed by atoms with E-state index in [9.17, 15) is 14.4 Å². The van der Waals surface area contributed by atoms with Crippen LogP contribution in [0.15, 0.2) is 48.7 Å². The second-order valence-electron chi connectivity index (χ2n) is 8.42. The first kappa shape index (κ1) is 22.6. The zero-order valence-electron chi connectivity index (χ0n) is 19.2. The number of aromatic nitrogens is 1. The highest BCUT2D eigenvalue weighted by Crippen LogP contribution is 2.32. The van der Waals surface area contributed by atoms with Crippen LogP contribution in [0.2, 0.25) is 0 Å². The highest BCUT2D eigenvalue weighted by Gasteiger charge is 2.26. The quantitative estimate of drug-likeness (QED) is 0.522. The number of fused-ring (bicyclic) bond motifs is 2. The van der Waals surface area contributed by atoms with Gasteiger partial charge in [-0.25, -0.2) is 4.79 Å². The summed E-state index contributed by atoms with van der Waals surface area (Å²) in [4.78, 5) is 44.3. The van der Waals surface area contributed by atoms with Crippen molar-refractivity contribution < 1.29 is 23.9 Å². The average molecular weight is 478 g/mol. The Kier molecular flexibility index (Phi) is 6.42. The number of amides is 4. The van der Waals surface area contributed by atoms with E-state index in [0.29, 0.717) is 62.1 Å². The van der Waals surface area contributed by atoms with Gasteiger partial charge >= 0.3 is 6.03 Å². The summed E-state index contributed by atoms with van der Waals surface area (Å²) in [5.74, 6) is 1.00. The monoisotopic (exact) mass is 477 g/mol. The van der Waals surface area contributed by atoms with Crippen LogP contribution in [0, 0.1) is 0 Å². The van der Waals surface area contributed by atoms with E-state index in [1.54, 1.807) is 34.2 Å². The lowest BCUT2D eigenvalue weighted by atomic mass is 10.1. The van der Waals surface area contributed by atoms with E-state index in [0.717, 1.165) is 10.9 Å². The molecule has 3 heterocycles. The van der Waals surface area contributed by atoms with Crippen LogP contribution < -0.4 is 20.1 Å². The summed E-state index contributed by atoms with van der Waals surface area (Å²) >= 11 is 0. The van der Waals surface area contributed by atoms with Crippen molar-refractivity contribution in [2.75, 3.05) is 51.3 Å². The highest BCUT2D eigenvalue weighted by molar-refractivity contribution is 6.06. The molecule has 10 nitrogen and oxygen atoms in total. The highest BCUT2D eigenvalue weighted by atomic mass is 16.6. The summed E-state index contributed by atoms with van der Waals surface area (Å²) in [6.45, 7) is 2.97. The minimum absolute atomic E-state index is 0.0432. The number of piperazine rings is 1. The third kappa shape index (κ3) is 5.01. The molecular weight excluding hydrogens is 450 g/mol. The maximum Gasteiger partial charge on any atom is 0.317 e. The topological polar surface area (TPSA) is 116 Å². The normalized spacial score (nSPS) is 15.1. The van der Waals surface area contributed by atoms with Gasteiger partial charge in [0.1, 0.15) is 13.2 Å². The summed E-state index contributed by atoms with van der Waals surface area (Å²) in [5, 5.41) is 6.49. The number of ether oxygens (including phenoxy) is 2. The molecule has 182 valence electrons. The molecule has 1 aromatic heterocycles. The molecule has 4 amide bonds. The van der Waals surface area contributed by atoms with Gasteiger partial charge in [0.2, 0.25) is 5.91 Å². The van der Waals surface area contributed by atoms with Crippen LogP contribution in [0.5, 0.6) is 11.5 Å².